The minimum absolute atomic E-state index is 0.315. The van der Waals surface area contributed by atoms with Crippen LogP contribution in [0.5, 0.6) is 0 Å². The smallest absolute Gasteiger partial charge is 0.416 e. The molecule has 7 aromatic rings. The maximum atomic E-state index is 13.2. The van der Waals surface area contributed by atoms with Crippen molar-refractivity contribution in [3.63, 3.8) is 0 Å². The van der Waals surface area contributed by atoms with Crippen LogP contribution < -0.4 is 0 Å². The SMILES string of the molecule is FC(F)(F)c1cccc(-c2ccc(-c3cc(-c4nn5c(-c6ccc(Br)cc6)nnc5s4)c4ccccc4n3)o2)c1. The van der Waals surface area contributed by atoms with E-state index in [1.54, 1.807) is 22.7 Å². The first-order chi connectivity index (χ1) is 19.3. The molecule has 0 amide bonds. The Morgan fingerprint density at radius 2 is 1.60 bits per heavy atom. The molecule has 0 atom stereocenters. The second kappa shape index (κ2) is 9.39. The van der Waals surface area contributed by atoms with Gasteiger partial charge in [0.15, 0.2) is 11.6 Å². The summed E-state index contributed by atoms with van der Waals surface area (Å²) in [7, 11) is 0. The third kappa shape index (κ3) is 4.37. The van der Waals surface area contributed by atoms with E-state index in [2.05, 4.69) is 26.1 Å². The van der Waals surface area contributed by atoms with Crippen LogP contribution in [0.25, 0.3) is 60.6 Å². The Morgan fingerprint density at radius 1 is 0.800 bits per heavy atom. The number of hydrogen-bond acceptors (Lipinski definition) is 6. The molecule has 0 bridgehead atoms. The van der Waals surface area contributed by atoms with Gasteiger partial charge in [-0.2, -0.15) is 22.8 Å². The van der Waals surface area contributed by atoms with Gasteiger partial charge in [-0.3, -0.25) is 0 Å². The Labute approximate surface area is 236 Å². The van der Waals surface area contributed by atoms with Gasteiger partial charge < -0.3 is 4.42 Å². The summed E-state index contributed by atoms with van der Waals surface area (Å²) >= 11 is 4.85. The number of aromatic nitrogens is 5. The molecule has 4 aromatic heterocycles. The number of para-hydroxylation sites is 1. The van der Waals surface area contributed by atoms with Crippen molar-refractivity contribution in [2.75, 3.05) is 0 Å². The largest absolute Gasteiger partial charge is 0.454 e. The maximum Gasteiger partial charge on any atom is 0.416 e. The summed E-state index contributed by atoms with van der Waals surface area (Å²) in [6.07, 6.45) is -4.44. The average Bonchev–Trinajstić information content (AvgIpc) is 3.69. The quantitative estimate of drug-likeness (QED) is 0.197. The number of rotatable bonds is 4. The predicted octanol–water partition coefficient (Wildman–Crippen LogP) is 8.78. The molecule has 0 aliphatic rings. The van der Waals surface area contributed by atoms with Crippen LogP contribution in [-0.2, 0) is 6.18 Å². The fraction of sp³-hybridized carbons (Fsp3) is 0.0345. The molecule has 3 aromatic carbocycles. The van der Waals surface area contributed by atoms with Gasteiger partial charge >= 0.3 is 6.18 Å². The van der Waals surface area contributed by atoms with Crippen LogP contribution in [0, 0.1) is 0 Å². The Kier molecular flexibility index (Phi) is 5.79. The van der Waals surface area contributed by atoms with Gasteiger partial charge in [0.05, 0.1) is 11.1 Å². The monoisotopic (exact) mass is 617 g/mol. The van der Waals surface area contributed by atoms with Crippen molar-refractivity contribution >= 4 is 43.1 Å². The van der Waals surface area contributed by atoms with Gasteiger partial charge in [0.2, 0.25) is 4.96 Å². The first-order valence-corrected chi connectivity index (χ1v) is 13.6. The fourth-order valence-corrected chi connectivity index (χ4v) is 5.60. The zero-order valence-electron chi connectivity index (χ0n) is 20.2. The van der Waals surface area contributed by atoms with E-state index in [0.29, 0.717) is 38.6 Å². The third-order valence-corrected chi connectivity index (χ3v) is 7.83. The highest BCUT2D eigenvalue weighted by molar-refractivity contribution is 9.10. The molecule has 0 N–H and O–H groups in total. The van der Waals surface area contributed by atoms with E-state index < -0.39 is 11.7 Å². The highest BCUT2D eigenvalue weighted by Crippen LogP contribution is 2.38. The Hall–Kier alpha value is -4.35. The van der Waals surface area contributed by atoms with Crippen molar-refractivity contribution in [3.8, 4) is 44.7 Å². The van der Waals surface area contributed by atoms with Gasteiger partial charge in [0.1, 0.15) is 16.5 Å². The third-order valence-electron chi connectivity index (χ3n) is 6.37. The lowest BCUT2D eigenvalue weighted by molar-refractivity contribution is -0.137. The summed E-state index contributed by atoms with van der Waals surface area (Å²) in [6.45, 7) is 0. The molecule has 0 unspecified atom stereocenters. The molecule has 0 aliphatic heterocycles. The van der Waals surface area contributed by atoms with E-state index in [1.165, 1.54) is 17.4 Å². The number of furan rings is 1. The summed E-state index contributed by atoms with van der Waals surface area (Å²) in [4.78, 5) is 5.41. The number of nitrogens with zero attached hydrogens (tertiary/aromatic N) is 5. The van der Waals surface area contributed by atoms with Crippen LogP contribution in [0.3, 0.4) is 0 Å². The van der Waals surface area contributed by atoms with Crippen LogP contribution in [0.2, 0.25) is 0 Å². The summed E-state index contributed by atoms with van der Waals surface area (Å²) in [5.74, 6) is 1.37. The van der Waals surface area contributed by atoms with Gasteiger partial charge in [0.25, 0.3) is 0 Å². The Bertz CT molecular complexity index is 2030. The van der Waals surface area contributed by atoms with Crippen LogP contribution in [-0.4, -0.2) is 24.8 Å². The zero-order valence-corrected chi connectivity index (χ0v) is 22.6. The molecule has 196 valence electrons. The lowest BCUT2D eigenvalue weighted by Gasteiger charge is -2.08. The molecule has 0 saturated carbocycles. The van der Waals surface area contributed by atoms with Crippen molar-refractivity contribution < 1.29 is 17.6 Å². The van der Waals surface area contributed by atoms with Crippen LogP contribution >= 0.6 is 27.3 Å². The van der Waals surface area contributed by atoms with Crippen LogP contribution in [0.15, 0.2) is 99.9 Å². The van der Waals surface area contributed by atoms with E-state index in [9.17, 15) is 13.2 Å². The number of pyridine rings is 1. The molecule has 7 rings (SSSR count). The predicted molar refractivity (Wildman–Crippen MR) is 151 cm³/mol. The summed E-state index contributed by atoms with van der Waals surface area (Å²) in [6, 6.07) is 25.7. The lowest BCUT2D eigenvalue weighted by atomic mass is 10.1. The summed E-state index contributed by atoms with van der Waals surface area (Å²) in [5.41, 5.74) is 2.56. The molecule has 6 nitrogen and oxygen atoms in total. The van der Waals surface area contributed by atoms with E-state index in [4.69, 9.17) is 14.5 Å². The minimum atomic E-state index is -4.44. The Morgan fingerprint density at radius 3 is 2.42 bits per heavy atom. The van der Waals surface area contributed by atoms with Gasteiger partial charge in [-0.25, -0.2) is 4.98 Å². The average molecular weight is 618 g/mol. The molecule has 4 heterocycles. The molecule has 0 saturated heterocycles. The minimum Gasteiger partial charge on any atom is -0.454 e. The molecule has 0 spiro atoms. The van der Waals surface area contributed by atoms with E-state index >= 15 is 0 Å². The standard InChI is InChI=1S/C29H15BrF3N5OS/c30-19-10-8-16(9-11-19)26-35-36-28-38(26)37-27(40-28)21-15-23(34-22-7-2-1-6-20(21)22)25-13-12-24(39-25)17-4-3-5-18(14-17)29(31,32)33/h1-15H. The Balaban J connectivity index is 1.33. The van der Waals surface area contributed by atoms with Crippen molar-refractivity contribution in [2.45, 2.75) is 6.18 Å². The van der Waals surface area contributed by atoms with Crippen molar-refractivity contribution in [1.29, 1.82) is 0 Å². The molecule has 0 radical (unpaired) electrons. The van der Waals surface area contributed by atoms with Crippen LogP contribution in [0.4, 0.5) is 13.2 Å². The van der Waals surface area contributed by atoms with Gasteiger partial charge in [-0.1, -0.05) is 69.7 Å². The summed E-state index contributed by atoms with van der Waals surface area (Å²) < 4.78 is 48.4. The van der Waals surface area contributed by atoms with Crippen molar-refractivity contribution in [1.82, 2.24) is 24.8 Å². The van der Waals surface area contributed by atoms with E-state index in [1.807, 2.05) is 54.6 Å². The number of hydrogen-bond donors (Lipinski definition) is 0. The molecular weight excluding hydrogens is 603 g/mol. The molecule has 0 fully saturated rings. The highest BCUT2D eigenvalue weighted by atomic mass is 79.9. The number of halogens is 4. The topological polar surface area (TPSA) is 69.1 Å². The van der Waals surface area contributed by atoms with Crippen molar-refractivity contribution in [3.05, 3.63) is 101 Å². The normalized spacial score (nSPS) is 12.0. The number of alkyl halides is 3. The lowest BCUT2D eigenvalue weighted by Crippen LogP contribution is -2.04. The molecule has 40 heavy (non-hydrogen) atoms. The maximum absolute atomic E-state index is 13.2. The summed E-state index contributed by atoms with van der Waals surface area (Å²) in [5, 5.41) is 15.1. The van der Waals surface area contributed by atoms with E-state index in [0.717, 1.165) is 38.6 Å². The van der Waals surface area contributed by atoms with E-state index in [-0.39, 0.29) is 0 Å². The van der Waals surface area contributed by atoms with Gasteiger partial charge in [-0.15, -0.1) is 10.2 Å². The first kappa shape index (κ1) is 24.7. The highest BCUT2D eigenvalue weighted by Gasteiger charge is 2.30. The van der Waals surface area contributed by atoms with Crippen molar-refractivity contribution in [2.24, 2.45) is 0 Å². The van der Waals surface area contributed by atoms with Gasteiger partial charge in [-0.05, 0) is 48.5 Å². The number of fused-ring (bicyclic) bond motifs is 2. The molecular formula is C29H15BrF3N5OS. The fourth-order valence-electron chi connectivity index (χ4n) is 4.46. The second-order valence-corrected chi connectivity index (χ2v) is 10.8. The number of benzene rings is 3. The molecule has 11 heteroatoms. The van der Waals surface area contributed by atoms with Gasteiger partial charge in [0, 0.05) is 26.5 Å². The zero-order chi connectivity index (χ0) is 27.4. The molecule has 0 aliphatic carbocycles. The van der Waals surface area contributed by atoms with Crippen LogP contribution in [0.1, 0.15) is 5.56 Å². The first-order valence-electron chi connectivity index (χ1n) is 12.0. The second-order valence-electron chi connectivity index (χ2n) is 8.95.